The smallest absolute Gasteiger partial charge is 0.408 e. The van der Waals surface area contributed by atoms with Crippen LogP contribution in [0.5, 0.6) is 0 Å². The van der Waals surface area contributed by atoms with E-state index in [0.717, 1.165) is 11.1 Å². The number of amidine groups is 1. The number of ether oxygens (including phenoxy) is 1. The van der Waals surface area contributed by atoms with Crippen LogP contribution in [0.1, 0.15) is 36.0 Å². The van der Waals surface area contributed by atoms with Crippen LogP contribution in [-0.4, -0.2) is 41.5 Å². The van der Waals surface area contributed by atoms with Crippen molar-refractivity contribution < 1.29 is 24.2 Å². The first-order valence-corrected chi connectivity index (χ1v) is 10.2. The molecule has 2 aromatic carbocycles. The lowest BCUT2D eigenvalue weighted by atomic mass is 10.1. The SMILES string of the molecule is N=C(N)c1ccc(CCCNC(=O)[C@@H](CCC(=O)O)NC(=O)OCc2ccccc2)cc1. The Morgan fingerprint density at radius 1 is 1.03 bits per heavy atom. The minimum absolute atomic E-state index is 0.00557. The van der Waals surface area contributed by atoms with Gasteiger partial charge in [0.05, 0.1) is 0 Å². The summed E-state index contributed by atoms with van der Waals surface area (Å²) < 4.78 is 5.12. The largest absolute Gasteiger partial charge is 0.481 e. The van der Waals surface area contributed by atoms with Crippen LogP contribution in [0.2, 0.25) is 0 Å². The van der Waals surface area contributed by atoms with Gasteiger partial charge >= 0.3 is 12.1 Å². The molecule has 0 heterocycles. The molecule has 0 unspecified atom stereocenters. The lowest BCUT2D eigenvalue weighted by Crippen LogP contribution is -2.47. The standard InChI is InChI=1S/C23H28N4O5/c24-21(25)18-10-8-16(9-11-18)7-4-14-26-22(30)19(12-13-20(28)29)27-23(31)32-15-17-5-2-1-3-6-17/h1-3,5-6,8-11,19H,4,7,12-15H2,(H3,24,25)(H,26,30)(H,27,31)(H,28,29)/t19-/m1/s1. The summed E-state index contributed by atoms with van der Waals surface area (Å²) in [6, 6.07) is 15.4. The van der Waals surface area contributed by atoms with Crippen molar-refractivity contribution in [2.45, 2.75) is 38.3 Å². The Hall–Kier alpha value is -3.88. The quantitative estimate of drug-likeness (QED) is 0.194. The van der Waals surface area contributed by atoms with E-state index in [-0.39, 0.29) is 25.3 Å². The Morgan fingerprint density at radius 2 is 1.72 bits per heavy atom. The van der Waals surface area contributed by atoms with Crippen LogP contribution in [-0.2, 0) is 27.4 Å². The molecule has 0 aliphatic rings. The molecule has 0 bridgehead atoms. The molecule has 2 rings (SSSR count). The van der Waals surface area contributed by atoms with Crippen LogP contribution in [0.4, 0.5) is 4.79 Å². The molecule has 0 fully saturated rings. The van der Waals surface area contributed by atoms with Crippen LogP contribution in [0, 0.1) is 5.41 Å². The van der Waals surface area contributed by atoms with Crippen molar-refractivity contribution in [2.24, 2.45) is 5.73 Å². The highest BCUT2D eigenvalue weighted by Gasteiger charge is 2.22. The molecular formula is C23H28N4O5. The lowest BCUT2D eigenvalue weighted by Gasteiger charge is -2.18. The van der Waals surface area contributed by atoms with Crippen molar-refractivity contribution in [2.75, 3.05) is 6.54 Å². The van der Waals surface area contributed by atoms with Gasteiger partial charge in [-0.15, -0.1) is 0 Å². The van der Waals surface area contributed by atoms with E-state index in [0.29, 0.717) is 24.9 Å². The number of alkyl carbamates (subject to hydrolysis) is 1. The molecule has 32 heavy (non-hydrogen) atoms. The van der Waals surface area contributed by atoms with E-state index in [9.17, 15) is 14.4 Å². The molecular weight excluding hydrogens is 412 g/mol. The van der Waals surface area contributed by atoms with Gasteiger partial charge in [0.2, 0.25) is 5.91 Å². The number of nitrogens with one attached hydrogen (secondary N) is 3. The highest BCUT2D eigenvalue weighted by atomic mass is 16.5. The number of benzene rings is 2. The third-order valence-corrected chi connectivity index (χ3v) is 4.67. The average molecular weight is 441 g/mol. The van der Waals surface area contributed by atoms with E-state index < -0.39 is 24.0 Å². The van der Waals surface area contributed by atoms with Crippen molar-refractivity contribution in [3.63, 3.8) is 0 Å². The van der Waals surface area contributed by atoms with Gasteiger partial charge < -0.3 is 26.2 Å². The van der Waals surface area contributed by atoms with Gasteiger partial charge in [-0.2, -0.15) is 0 Å². The summed E-state index contributed by atoms with van der Waals surface area (Å²) in [6.07, 6.45) is 0.248. The molecule has 0 aliphatic carbocycles. The zero-order chi connectivity index (χ0) is 23.3. The van der Waals surface area contributed by atoms with Crippen molar-refractivity contribution in [1.29, 1.82) is 5.41 Å². The Kier molecular flexibility index (Phi) is 9.70. The van der Waals surface area contributed by atoms with E-state index in [2.05, 4.69) is 10.6 Å². The second-order valence-electron chi connectivity index (χ2n) is 7.20. The predicted molar refractivity (Wildman–Crippen MR) is 119 cm³/mol. The van der Waals surface area contributed by atoms with E-state index in [4.69, 9.17) is 21.0 Å². The molecule has 9 nitrogen and oxygen atoms in total. The zero-order valence-corrected chi connectivity index (χ0v) is 17.7. The topological polar surface area (TPSA) is 155 Å². The molecule has 0 spiro atoms. The number of hydrogen-bond acceptors (Lipinski definition) is 5. The third kappa shape index (κ3) is 8.86. The number of carboxylic acids is 1. The minimum Gasteiger partial charge on any atom is -0.481 e. The van der Waals surface area contributed by atoms with Crippen molar-refractivity contribution >= 4 is 23.8 Å². The van der Waals surface area contributed by atoms with Crippen LogP contribution in [0.25, 0.3) is 0 Å². The summed E-state index contributed by atoms with van der Waals surface area (Å²) in [6.45, 7) is 0.403. The molecule has 0 saturated heterocycles. The number of carbonyl (C=O) groups excluding carboxylic acids is 2. The summed E-state index contributed by atoms with van der Waals surface area (Å²) in [5.74, 6) is -1.52. The van der Waals surface area contributed by atoms with Gasteiger partial charge in [0.15, 0.2) is 0 Å². The van der Waals surface area contributed by atoms with E-state index in [1.165, 1.54) is 0 Å². The molecule has 6 N–H and O–H groups in total. The summed E-state index contributed by atoms with van der Waals surface area (Å²) in [5, 5.41) is 21.5. The number of amides is 2. The first kappa shape index (κ1) is 24.4. The van der Waals surface area contributed by atoms with Gasteiger partial charge in [0.1, 0.15) is 18.5 Å². The lowest BCUT2D eigenvalue weighted by molar-refractivity contribution is -0.137. The maximum atomic E-state index is 12.5. The first-order chi connectivity index (χ1) is 15.3. The molecule has 170 valence electrons. The monoisotopic (exact) mass is 440 g/mol. The van der Waals surface area contributed by atoms with E-state index in [1.807, 2.05) is 30.3 Å². The second-order valence-corrected chi connectivity index (χ2v) is 7.20. The van der Waals surface area contributed by atoms with E-state index >= 15 is 0 Å². The molecule has 0 radical (unpaired) electrons. The van der Waals surface area contributed by atoms with Crippen molar-refractivity contribution in [3.05, 3.63) is 71.3 Å². The van der Waals surface area contributed by atoms with Crippen molar-refractivity contribution in [3.8, 4) is 0 Å². The number of nitrogens with two attached hydrogens (primary N) is 1. The van der Waals surface area contributed by atoms with Crippen LogP contribution in [0.3, 0.4) is 0 Å². The summed E-state index contributed by atoms with van der Waals surface area (Å²) in [5.41, 5.74) is 7.91. The number of aryl methyl sites for hydroxylation is 1. The molecule has 2 amide bonds. The molecule has 1 atom stereocenters. The normalized spacial score (nSPS) is 11.2. The fourth-order valence-electron chi connectivity index (χ4n) is 2.92. The van der Waals surface area contributed by atoms with Gasteiger partial charge in [0, 0.05) is 18.5 Å². The van der Waals surface area contributed by atoms with Crippen molar-refractivity contribution in [1.82, 2.24) is 10.6 Å². The third-order valence-electron chi connectivity index (χ3n) is 4.67. The number of rotatable bonds is 12. The fraction of sp³-hybridized carbons (Fsp3) is 0.304. The summed E-state index contributed by atoms with van der Waals surface area (Å²) in [4.78, 5) is 35.5. The van der Waals surface area contributed by atoms with Gasteiger partial charge in [-0.1, -0.05) is 54.6 Å². The van der Waals surface area contributed by atoms with Crippen LogP contribution >= 0.6 is 0 Å². The number of hydrogen-bond donors (Lipinski definition) is 5. The summed E-state index contributed by atoms with van der Waals surface area (Å²) in [7, 11) is 0. The summed E-state index contributed by atoms with van der Waals surface area (Å²) >= 11 is 0. The van der Waals surface area contributed by atoms with Gasteiger partial charge in [-0.25, -0.2) is 4.79 Å². The minimum atomic E-state index is -1.06. The number of carboxylic acid groups (broad SMARTS) is 1. The van der Waals surface area contributed by atoms with Crippen LogP contribution in [0.15, 0.2) is 54.6 Å². The maximum Gasteiger partial charge on any atom is 0.408 e. The number of carbonyl (C=O) groups is 3. The van der Waals surface area contributed by atoms with Crippen LogP contribution < -0.4 is 16.4 Å². The molecule has 0 aliphatic heterocycles. The highest BCUT2D eigenvalue weighted by Crippen LogP contribution is 2.07. The maximum absolute atomic E-state index is 12.5. The van der Waals surface area contributed by atoms with Gasteiger partial charge in [0.25, 0.3) is 0 Å². The highest BCUT2D eigenvalue weighted by molar-refractivity contribution is 5.94. The molecule has 0 aromatic heterocycles. The van der Waals surface area contributed by atoms with Gasteiger partial charge in [-0.3, -0.25) is 15.0 Å². The zero-order valence-electron chi connectivity index (χ0n) is 17.7. The second kappa shape index (κ2) is 12.7. The first-order valence-electron chi connectivity index (χ1n) is 10.2. The Balaban J connectivity index is 1.80. The number of aliphatic carboxylic acids is 1. The van der Waals surface area contributed by atoms with Gasteiger partial charge in [-0.05, 0) is 30.4 Å². The Bertz CT molecular complexity index is 916. The fourth-order valence-corrected chi connectivity index (χ4v) is 2.92. The molecule has 2 aromatic rings. The predicted octanol–water partition coefficient (Wildman–Crippen LogP) is 2.18. The molecule has 9 heteroatoms. The Labute approximate surface area is 186 Å². The number of nitrogen functional groups attached to an aromatic ring is 1. The molecule has 0 saturated carbocycles. The average Bonchev–Trinajstić information content (AvgIpc) is 2.78. The Morgan fingerprint density at radius 3 is 2.34 bits per heavy atom. The van der Waals surface area contributed by atoms with E-state index in [1.54, 1.807) is 24.3 Å².